The minimum atomic E-state index is -0.611. The molecule has 0 atom stereocenters. The van der Waals surface area contributed by atoms with Gasteiger partial charge in [-0.3, -0.25) is 0 Å². The van der Waals surface area contributed by atoms with Gasteiger partial charge in [-0.25, -0.2) is 0 Å². The van der Waals surface area contributed by atoms with E-state index in [0.29, 0.717) is 0 Å². The standard InChI is InChI=1S/C5H10Ge/c1-2-6(3-1)4-5-6/h1-5H2. The van der Waals surface area contributed by atoms with Crippen LogP contribution in [0.25, 0.3) is 0 Å². The summed E-state index contributed by atoms with van der Waals surface area (Å²) in [5, 5.41) is 7.00. The molecule has 0 aromatic rings. The quantitative estimate of drug-likeness (QED) is 0.453. The monoisotopic (exact) mass is 144 g/mol. The zero-order chi connectivity index (χ0) is 4.04. The van der Waals surface area contributed by atoms with Gasteiger partial charge in [-0.1, -0.05) is 0 Å². The zero-order valence-electron chi connectivity index (χ0n) is 4.04. The van der Waals surface area contributed by atoms with Crippen LogP contribution in [0.3, 0.4) is 0 Å². The molecule has 0 radical (unpaired) electrons. The van der Waals surface area contributed by atoms with Crippen molar-refractivity contribution in [3.63, 3.8) is 0 Å². The predicted molar refractivity (Wildman–Crippen MR) is 29.6 cm³/mol. The van der Waals surface area contributed by atoms with Crippen molar-refractivity contribution in [2.24, 2.45) is 0 Å². The first-order valence-corrected chi connectivity index (χ1v) is 8.85. The van der Waals surface area contributed by atoms with Gasteiger partial charge >= 0.3 is 40.7 Å². The number of hydrogen-bond donors (Lipinski definition) is 0. The Kier molecular flexibility index (Phi) is 0.506. The molecule has 1 spiro atoms. The summed E-state index contributed by atoms with van der Waals surface area (Å²) >= 11 is -0.611. The van der Waals surface area contributed by atoms with E-state index in [0.717, 1.165) is 0 Å². The van der Waals surface area contributed by atoms with E-state index in [4.69, 9.17) is 0 Å². The summed E-state index contributed by atoms with van der Waals surface area (Å²) in [5.41, 5.74) is 0. The summed E-state index contributed by atoms with van der Waals surface area (Å²) in [4.78, 5) is 0. The topological polar surface area (TPSA) is 0 Å². The second-order valence-corrected chi connectivity index (χ2v) is 13.3. The molecule has 0 amide bonds. The Balaban J connectivity index is 2.09. The Hall–Kier alpha value is 0.543. The normalized spacial score (nSPS) is 36.0. The van der Waals surface area contributed by atoms with Crippen molar-refractivity contribution in [2.45, 2.75) is 27.4 Å². The molecule has 34 valence electrons. The molecular weight excluding hydrogens is 133 g/mol. The minimum absolute atomic E-state index is 0.611. The van der Waals surface area contributed by atoms with Crippen molar-refractivity contribution < 1.29 is 0 Å². The first-order chi connectivity index (χ1) is 2.91. The molecule has 2 fully saturated rings. The van der Waals surface area contributed by atoms with E-state index < -0.39 is 13.3 Å². The molecule has 0 aromatic heterocycles. The number of hydrogen-bond acceptors (Lipinski definition) is 0. The van der Waals surface area contributed by atoms with E-state index in [-0.39, 0.29) is 0 Å². The van der Waals surface area contributed by atoms with Crippen molar-refractivity contribution >= 4 is 13.3 Å². The molecular formula is C5H10Ge. The summed E-state index contributed by atoms with van der Waals surface area (Å²) in [6.07, 6.45) is 1.61. The van der Waals surface area contributed by atoms with Gasteiger partial charge in [0.15, 0.2) is 0 Å². The van der Waals surface area contributed by atoms with Crippen LogP contribution in [0.5, 0.6) is 0 Å². The molecule has 2 heterocycles. The Morgan fingerprint density at radius 3 is 1.50 bits per heavy atom. The third-order valence-electron chi connectivity index (χ3n) is 2.37. The van der Waals surface area contributed by atoms with Gasteiger partial charge in [-0.15, -0.1) is 0 Å². The fourth-order valence-electron chi connectivity index (χ4n) is 1.35. The van der Waals surface area contributed by atoms with Crippen LogP contribution in [0, 0.1) is 0 Å². The molecule has 0 unspecified atom stereocenters. The molecule has 0 saturated carbocycles. The van der Waals surface area contributed by atoms with Gasteiger partial charge in [0.2, 0.25) is 0 Å². The van der Waals surface area contributed by atoms with Crippen molar-refractivity contribution in [3.05, 3.63) is 0 Å². The van der Waals surface area contributed by atoms with Gasteiger partial charge in [0.05, 0.1) is 0 Å². The molecule has 0 N–H and O–H groups in total. The maximum atomic E-state index is 1.75. The molecule has 2 rings (SSSR count). The van der Waals surface area contributed by atoms with Gasteiger partial charge in [-0.2, -0.15) is 0 Å². The van der Waals surface area contributed by atoms with Gasteiger partial charge in [0, 0.05) is 0 Å². The van der Waals surface area contributed by atoms with Crippen molar-refractivity contribution in [2.75, 3.05) is 0 Å². The Morgan fingerprint density at radius 2 is 1.50 bits per heavy atom. The summed E-state index contributed by atoms with van der Waals surface area (Å²) < 4.78 is 0. The maximum absolute atomic E-state index is 1.75. The van der Waals surface area contributed by atoms with E-state index in [9.17, 15) is 0 Å². The van der Waals surface area contributed by atoms with E-state index in [1.165, 1.54) is 0 Å². The molecule has 2 aliphatic rings. The molecule has 2 saturated heterocycles. The van der Waals surface area contributed by atoms with Crippen LogP contribution >= 0.6 is 0 Å². The average Bonchev–Trinajstić information content (AvgIpc) is 2.02. The predicted octanol–water partition coefficient (Wildman–Crippen LogP) is 1.85. The molecule has 0 aromatic carbocycles. The molecule has 1 heteroatoms. The molecule has 2 aliphatic heterocycles. The Morgan fingerprint density at radius 1 is 0.833 bits per heavy atom. The molecule has 0 nitrogen and oxygen atoms in total. The molecule has 6 heavy (non-hydrogen) atoms. The van der Waals surface area contributed by atoms with Crippen LogP contribution in [0.1, 0.15) is 6.42 Å². The second kappa shape index (κ2) is 0.859. The molecule has 0 bridgehead atoms. The fraction of sp³-hybridized carbons (Fsp3) is 1.00. The molecule has 0 aliphatic carbocycles. The van der Waals surface area contributed by atoms with E-state index in [1.54, 1.807) is 27.4 Å². The van der Waals surface area contributed by atoms with E-state index in [2.05, 4.69) is 0 Å². The first-order valence-electron chi connectivity index (χ1n) is 2.91. The summed E-state index contributed by atoms with van der Waals surface area (Å²) in [6, 6.07) is 0. The first kappa shape index (κ1) is 3.53. The third-order valence-corrected chi connectivity index (χ3v) is 12.3. The van der Waals surface area contributed by atoms with E-state index >= 15 is 0 Å². The van der Waals surface area contributed by atoms with Crippen LogP contribution in [0.2, 0.25) is 21.0 Å². The van der Waals surface area contributed by atoms with Crippen molar-refractivity contribution in [1.29, 1.82) is 0 Å². The van der Waals surface area contributed by atoms with Gasteiger partial charge in [-0.05, 0) is 0 Å². The summed E-state index contributed by atoms with van der Waals surface area (Å²) in [5.74, 6) is 0. The zero-order valence-corrected chi connectivity index (χ0v) is 6.13. The van der Waals surface area contributed by atoms with Crippen LogP contribution < -0.4 is 0 Å². The van der Waals surface area contributed by atoms with Crippen LogP contribution in [-0.2, 0) is 0 Å². The van der Waals surface area contributed by atoms with Gasteiger partial charge in [0.25, 0.3) is 0 Å². The Bertz CT molecular complexity index is 68.0. The Labute approximate surface area is 41.3 Å². The van der Waals surface area contributed by atoms with E-state index in [1.807, 2.05) is 0 Å². The van der Waals surface area contributed by atoms with Gasteiger partial charge in [0.1, 0.15) is 0 Å². The third kappa shape index (κ3) is 0.311. The number of rotatable bonds is 0. The van der Waals surface area contributed by atoms with Crippen LogP contribution in [0.4, 0.5) is 0 Å². The van der Waals surface area contributed by atoms with Crippen LogP contribution in [0.15, 0.2) is 0 Å². The summed E-state index contributed by atoms with van der Waals surface area (Å²) in [6.45, 7) is 0. The van der Waals surface area contributed by atoms with Gasteiger partial charge < -0.3 is 0 Å². The van der Waals surface area contributed by atoms with Crippen molar-refractivity contribution in [1.82, 2.24) is 0 Å². The second-order valence-electron chi connectivity index (χ2n) is 2.85. The fourth-order valence-corrected chi connectivity index (χ4v) is 10.9. The average molecular weight is 143 g/mol. The summed E-state index contributed by atoms with van der Waals surface area (Å²) in [7, 11) is 0. The SMILES string of the molecule is C1[CH2][Ge]2([CH2]1)[CH2][CH2]2. The van der Waals surface area contributed by atoms with Crippen molar-refractivity contribution in [3.8, 4) is 0 Å². The van der Waals surface area contributed by atoms with Crippen LogP contribution in [-0.4, -0.2) is 13.3 Å².